The Bertz CT molecular complexity index is 1730. The lowest BCUT2D eigenvalue weighted by Crippen LogP contribution is -2.31. The van der Waals surface area contributed by atoms with E-state index >= 15 is 0 Å². The molecule has 0 spiro atoms. The maximum atomic E-state index is 13.2. The summed E-state index contributed by atoms with van der Waals surface area (Å²) >= 11 is 0. The minimum atomic E-state index is -5.08. The molecule has 0 bridgehead atoms. The maximum Gasteiger partial charge on any atom is 0.490 e. The van der Waals surface area contributed by atoms with Crippen LogP contribution in [0, 0.1) is 13.8 Å². The second-order valence-electron chi connectivity index (χ2n) is 8.81. The summed E-state index contributed by atoms with van der Waals surface area (Å²) in [5.41, 5.74) is 6.17. The number of aromatic nitrogens is 6. The number of aliphatic carboxylic acids is 1. The zero-order valence-electron chi connectivity index (χ0n) is 20.8. The normalized spacial score (nSPS) is 14.6. The average Bonchev–Trinajstić information content (AvgIpc) is 3.58. The summed E-state index contributed by atoms with van der Waals surface area (Å²) in [7, 11) is 1.86. The van der Waals surface area contributed by atoms with Crippen LogP contribution in [0.1, 0.15) is 23.2 Å². The van der Waals surface area contributed by atoms with E-state index < -0.39 is 12.1 Å². The third kappa shape index (κ3) is 4.53. The van der Waals surface area contributed by atoms with Gasteiger partial charge >= 0.3 is 17.8 Å². The van der Waals surface area contributed by atoms with E-state index in [0.29, 0.717) is 29.2 Å². The number of carboxylic acid groups (broad SMARTS) is 1. The summed E-state index contributed by atoms with van der Waals surface area (Å²) in [6.07, 6.45) is 0.342. The SMILES string of the molecule is Cc1noc(C)c1-c1cc(-c2cnn(C)c2)c2[nH]c(=O)n3c2c1OC[C@@H]3c1ccccn1.O=C(O)C(F)(F)F. The number of nitrogens with zero attached hydrogens (tertiary/aromatic N) is 5. The number of nitrogens with one attached hydrogen (secondary N) is 1. The van der Waals surface area contributed by atoms with Crippen molar-refractivity contribution in [2.24, 2.45) is 7.05 Å². The van der Waals surface area contributed by atoms with Gasteiger partial charge in [-0.3, -0.25) is 14.2 Å². The van der Waals surface area contributed by atoms with E-state index in [4.69, 9.17) is 19.2 Å². The molecule has 0 unspecified atom stereocenters. The molecule has 0 radical (unpaired) electrons. The van der Waals surface area contributed by atoms with E-state index in [2.05, 4.69) is 20.2 Å². The number of imidazole rings is 1. The molecule has 6 rings (SSSR count). The molecule has 0 fully saturated rings. The lowest BCUT2D eigenvalue weighted by atomic mass is 9.95. The first-order valence-corrected chi connectivity index (χ1v) is 11.5. The topological polar surface area (TPSA) is 141 Å². The van der Waals surface area contributed by atoms with Gasteiger partial charge in [0.25, 0.3) is 0 Å². The summed E-state index contributed by atoms with van der Waals surface area (Å²) in [6, 6.07) is 7.35. The van der Waals surface area contributed by atoms with Gasteiger partial charge in [-0.05, 0) is 32.0 Å². The van der Waals surface area contributed by atoms with Crippen LogP contribution < -0.4 is 10.4 Å². The monoisotopic (exact) mass is 542 g/mol. The van der Waals surface area contributed by atoms with Crippen molar-refractivity contribution in [2.45, 2.75) is 26.1 Å². The maximum absolute atomic E-state index is 13.2. The number of hydrogen-bond acceptors (Lipinski definition) is 7. The predicted octanol–water partition coefficient (Wildman–Crippen LogP) is 4.01. The van der Waals surface area contributed by atoms with Crippen LogP contribution in [0.5, 0.6) is 5.75 Å². The number of carboxylic acids is 1. The number of aromatic amines is 1. The second-order valence-corrected chi connectivity index (χ2v) is 8.81. The van der Waals surface area contributed by atoms with Gasteiger partial charge in [0.1, 0.15) is 23.9 Å². The number of ether oxygens (including phenoxy) is 1. The zero-order valence-corrected chi connectivity index (χ0v) is 20.8. The van der Waals surface area contributed by atoms with Crippen LogP contribution in [0.3, 0.4) is 0 Å². The van der Waals surface area contributed by atoms with Crippen LogP contribution >= 0.6 is 0 Å². The van der Waals surface area contributed by atoms with Crippen molar-refractivity contribution in [1.29, 1.82) is 0 Å². The van der Waals surface area contributed by atoms with E-state index in [1.54, 1.807) is 21.6 Å². The molecule has 11 nitrogen and oxygen atoms in total. The van der Waals surface area contributed by atoms with Crippen molar-refractivity contribution in [2.75, 3.05) is 6.61 Å². The van der Waals surface area contributed by atoms with Crippen LogP contribution in [0.25, 0.3) is 33.3 Å². The van der Waals surface area contributed by atoms with Gasteiger partial charge in [-0.25, -0.2) is 9.59 Å². The van der Waals surface area contributed by atoms with E-state index in [1.165, 1.54) is 0 Å². The summed E-state index contributed by atoms with van der Waals surface area (Å²) in [5.74, 6) is -1.44. The van der Waals surface area contributed by atoms with E-state index in [9.17, 15) is 18.0 Å². The number of pyridine rings is 1. The molecule has 1 aromatic carbocycles. The van der Waals surface area contributed by atoms with Crippen molar-refractivity contribution >= 4 is 17.0 Å². The number of alkyl halides is 3. The molecular weight excluding hydrogens is 521 g/mol. The number of benzene rings is 1. The third-order valence-electron chi connectivity index (χ3n) is 6.23. The first kappa shape index (κ1) is 25.8. The summed E-state index contributed by atoms with van der Waals surface area (Å²) in [6.45, 7) is 4.06. The fourth-order valence-electron chi connectivity index (χ4n) is 4.59. The summed E-state index contributed by atoms with van der Waals surface area (Å²) in [4.78, 5) is 29.7. The lowest BCUT2D eigenvalue weighted by molar-refractivity contribution is -0.192. The van der Waals surface area contributed by atoms with Gasteiger partial charge in [-0.15, -0.1) is 0 Å². The van der Waals surface area contributed by atoms with Crippen molar-refractivity contribution in [3.8, 4) is 28.0 Å². The summed E-state index contributed by atoms with van der Waals surface area (Å²) < 4.78 is 47.0. The number of halogens is 3. The van der Waals surface area contributed by atoms with Gasteiger partial charge in [0.15, 0.2) is 5.75 Å². The molecule has 1 aliphatic heterocycles. The van der Waals surface area contributed by atoms with Crippen LogP contribution in [0.2, 0.25) is 0 Å². The molecule has 0 saturated heterocycles. The molecule has 202 valence electrons. The standard InChI is InChI=1S/C23H20N6O3.C2HF3O2/c1-12-19(13(2)32-27-12)16-8-15(14-9-25-28(3)10-14)20-21-22(16)31-11-18(29(21)23(30)26-20)17-6-4-5-7-24-17;3-2(4,5)1(6)7/h4-10,18H,11H2,1-3H3,(H,26,30);(H,6,7)/t18-;/m1./s1. The molecule has 4 aromatic heterocycles. The second kappa shape index (κ2) is 9.45. The fourth-order valence-corrected chi connectivity index (χ4v) is 4.59. The molecule has 39 heavy (non-hydrogen) atoms. The first-order chi connectivity index (χ1) is 18.5. The number of carbonyl (C=O) groups is 1. The Morgan fingerprint density at radius 3 is 2.54 bits per heavy atom. The van der Waals surface area contributed by atoms with Gasteiger partial charge in [-0.1, -0.05) is 11.2 Å². The van der Waals surface area contributed by atoms with E-state index in [0.717, 1.165) is 33.6 Å². The van der Waals surface area contributed by atoms with Gasteiger partial charge in [0.2, 0.25) is 0 Å². The van der Waals surface area contributed by atoms with Crippen LogP contribution in [0.15, 0.2) is 52.2 Å². The molecule has 5 heterocycles. The number of H-pyrrole nitrogens is 1. The average molecular weight is 542 g/mol. The van der Waals surface area contributed by atoms with Crippen LogP contribution in [0.4, 0.5) is 13.2 Å². The highest BCUT2D eigenvalue weighted by Crippen LogP contribution is 2.46. The molecule has 0 amide bonds. The van der Waals surface area contributed by atoms with Crippen LogP contribution in [-0.2, 0) is 11.8 Å². The Hall–Kier alpha value is -4.88. The van der Waals surface area contributed by atoms with Crippen molar-refractivity contribution in [1.82, 2.24) is 29.5 Å². The molecule has 5 aromatic rings. The molecule has 0 aliphatic carbocycles. The Balaban J connectivity index is 0.000000392. The number of rotatable bonds is 3. The zero-order chi connectivity index (χ0) is 28.1. The van der Waals surface area contributed by atoms with Crippen molar-refractivity contribution in [3.05, 3.63) is 70.5 Å². The fraction of sp³-hybridized carbons (Fsp3) is 0.240. The summed E-state index contributed by atoms with van der Waals surface area (Å²) in [5, 5.41) is 15.6. The quantitative estimate of drug-likeness (QED) is 0.348. The first-order valence-electron chi connectivity index (χ1n) is 11.5. The minimum Gasteiger partial charge on any atom is -0.488 e. The van der Waals surface area contributed by atoms with Crippen molar-refractivity contribution in [3.63, 3.8) is 0 Å². The third-order valence-corrected chi connectivity index (χ3v) is 6.23. The molecule has 2 N–H and O–H groups in total. The van der Waals surface area contributed by atoms with Gasteiger partial charge in [0.05, 0.1) is 28.7 Å². The molecule has 1 aliphatic rings. The number of hydrogen-bond donors (Lipinski definition) is 2. The largest absolute Gasteiger partial charge is 0.490 e. The molecule has 14 heteroatoms. The minimum absolute atomic E-state index is 0.207. The molecule has 0 saturated carbocycles. The Morgan fingerprint density at radius 1 is 1.23 bits per heavy atom. The highest BCUT2D eigenvalue weighted by Gasteiger charge is 2.38. The van der Waals surface area contributed by atoms with Crippen molar-refractivity contribution < 1.29 is 32.3 Å². The van der Waals surface area contributed by atoms with E-state index in [1.807, 2.05) is 51.4 Å². The van der Waals surface area contributed by atoms with Gasteiger partial charge in [-0.2, -0.15) is 18.3 Å². The highest BCUT2D eigenvalue weighted by molar-refractivity contribution is 6.02. The Kier molecular flexibility index (Phi) is 6.24. The van der Waals surface area contributed by atoms with Gasteiger partial charge < -0.3 is 19.4 Å². The lowest BCUT2D eigenvalue weighted by Gasteiger charge is -2.27. The number of aryl methyl sites for hydroxylation is 3. The van der Waals surface area contributed by atoms with E-state index in [-0.39, 0.29) is 11.7 Å². The Morgan fingerprint density at radius 2 is 1.97 bits per heavy atom. The smallest absolute Gasteiger partial charge is 0.488 e. The van der Waals surface area contributed by atoms with Crippen LogP contribution in [-0.4, -0.2) is 53.3 Å². The Labute approximate surface area is 217 Å². The van der Waals surface area contributed by atoms with Gasteiger partial charge in [0, 0.05) is 36.1 Å². The molecule has 1 atom stereocenters. The molecular formula is C25H21F3N6O5. The predicted molar refractivity (Wildman–Crippen MR) is 131 cm³/mol. The highest BCUT2D eigenvalue weighted by atomic mass is 19.4.